The maximum atomic E-state index is 11.8. The Balaban J connectivity index is 2.42. The van der Waals surface area contributed by atoms with Crippen molar-refractivity contribution in [2.24, 2.45) is 11.3 Å². The standard InChI is InChI=1S/C13H24N2O3S/c1-9(8-19-3)7-14-12(18)15-10-5-4-6-13(10,2)11(16)17/h9-10H,4-8H2,1-3H3,(H,16,17)(H2,14,15,18). The summed E-state index contributed by atoms with van der Waals surface area (Å²) < 4.78 is 0. The van der Waals surface area contributed by atoms with Crippen molar-refractivity contribution in [2.75, 3.05) is 18.6 Å². The minimum Gasteiger partial charge on any atom is -0.481 e. The number of hydrogen-bond acceptors (Lipinski definition) is 3. The Morgan fingerprint density at radius 1 is 1.53 bits per heavy atom. The third-order valence-corrected chi connectivity index (χ3v) is 4.72. The normalized spacial score (nSPS) is 27.8. The number of carbonyl (C=O) groups excluding carboxylic acids is 1. The summed E-state index contributed by atoms with van der Waals surface area (Å²) in [5.74, 6) is 0.581. The fourth-order valence-electron chi connectivity index (χ4n) is 2.47. The van der Waals surface area contributed by atoms with Crippen LogP contribution in [0, 0.1) is 11.3 Å². The fourth-order valence-corrected chi connectivity index (χ4v) is 3.16. The molecule has 1 fully saturated rings. The molecule has 0 bridgehead atoms. The summed E-state index contributed by atoms with van der Waals surface area (Å²) >= 11 is 1.75. The second-order valence-electron chi connectivity index (χ2n) is 5.58. The molecule has 0 aromatic carbocycles. The van der Waals surface area contributed by atoms with Gasteiger partial charge in [0, 0.05) is 12.6 Å². The number of hydrogen-bond donors (Lipinski definition) is 3. The van der Waals surface area contributed by atoms with E-state index in [0.717, 1.165) is 18.6 Å². The molecule has 1 aliphatic rings. The topological polar surface area (TPSA) is 78.4 Å². The number of carboxylic acid groups (broad SMARTS) is 1. The number of thioether (sulfide) groups is 1. The van der Waals surface area contributed by atoms with Crippen LogP contribution in [-0.2, 0) is 4.79 Å². The predicted molar refractivity (Wildman–Crippen MR) is 77.5 cm³/mol. The molecule has 0 aromatic heterocycles. The van der Waals surface area contributed by atoms with Crippen LogP contribution < -0.4 is 10.6 Å². The molecule has 0 saturated heterocycles. The number of rotatable bonds is 6. The quantitative estimate of drug-likeness (QED) is 0.698. The Hall–Kier alpha value is -0.910. The fraction of sp³-hybridized carbons (Fsp3) is 0.846. The van der Waals surface area contributed by atoms with Crippen molar-refractivity contribution in [3.63, 3.8) is 0 Å². The minimum atomic E-state index is -0.831. The average molecular weight is 288 g/mol. The van der Waals surface area contributed by atoms with Crippen molar-refractivity contribution in [1.82, 2.24) is 10.6 Å². The van der Waals surface area contributed by atoms with E-state index in [1.165, 1.54) is 0 Å². The van der Waals surface area contributed by atoms with E-state index in [4.69, 9.17) is 0 Å². The van der Waals surface area contributed by atoms with Gasteiger partial charge >= 0.3 is 12.0 Å². The van der Waals surface area contributed by atoms with Gasteiger partial charge in [-0.3, -0.25) is 4.79 Å². The zero-order valence-corrected chi connectivity index (χ0v) is 12.7. The number of nitrogens with one attached hydrogen (secondary N) is 2. The highest BCUT2D eigenvalue weighted by molar-refractivity contribution is 7.98. The van der Waals surface area contributed by atoms with E-state index < -0.39 is 11.4 Å². The molecule has 0 radical (unpaired) electrons. The summed E-state index contributed by atoms with van der Waals surface area (Å²) in [5, 5.41) is 14.9. The van der Waals surface area contributed by atoms with Gasteiger partial charge in [0.2, 0.25) is 0 Å². The molecule has 2 amide bonds. The monoisotopic (exact) mass is 288 g/mol. The maximum Gasteiger partial charge on any atom is 0.315 e. The summed E-state index contributed by atoms with van der Waals surface area (Å²) in [5.41, 5.74) is -0.831. The van der Waals surface area contributed by atoms with Crippen LogP contribution in [0.25, 0.3) is 0 Å². The Morgan fingerprint density at radius 3 is 2.79 bits per heavy atom. The van der Waals surface area contributed by atoms with E-state index in [-0.39, 0.29) is 12.1 Å². The Kier molecular flexibility index (Phi) is 5.97. The van der Waals surface area contributed by atoms with Crippen LogP contribution in [0.3, 0.4) is 0 Å². The van der Waals surface area contributed by atoms with Gasteiger partial charge in [0.25, 0.3) is 0 Å². The van der Waals surface area contributed by atoms with E-state index in [9.17, 15) is 14.7 Å². The maximum absolute atomic E-state index is 11.8. The van der Waals surface area contributed by atoms with Crippen molar-refractivity contribution < 1.29 is 14.7 Å². The highest BCUT2D eigenvalue weighted by atomic mass is 32.2. The third-order valence-electron chi connectivity index (χ3n) is 3.81. The van der Waals surface area contributed by atoms with E-state index in [1.54, 1.807) is 18.7 Å². The van der Waals surface area contributed by atoms with E-state index in [2.05, 4.69) is 17.6 Å². The molecule has 1 saturated carbocycles. The van der Waals surface area contributed by atoms with Crippen LogP contribution in [0.15, 0.2) is 0 Å². The van der Waals surface area contributed by atoms with Gasteiger partial charge in [0.05, 0.1) is 5.41 Å². The first-order valence-electron chi connectivity index (χ1n) is 6.67. The van der Waals surface area contributed by atoms with Crippen molar-refractivity contribution in [3.05, 3.63) is 0 Å². The lowest BCUT2D eigenvalue weighted by Crippen LogP contribution is -2.50. The molecule has 0 heterocycles. The highest BCUT2D eigenvalue weighted by Crippen LogP contribution is 2.38. The second-order valence-corrected chi connectivity index (χ2v) is 6.49. The molecule has 0 spiro atoms. The van der Waals surface area contributed by atoms with Crippen LogP contribution in [-0.4, -0.2) is 41.7 Å². The van der Waals surface area contributed by atoms with Crippen molar-refractivity contribution in [3.8, 4) is 0 Å². The first-order valence-corrected chi connectivity index (χ1v) is 8.06. The lowest BCUT2D eigenvalue weighted by atomic mass is 9.85. The molecule has 19 heavy (non-hydrogen) atoms. The molecule has 1 aliphatic carbocycles. The Morgan fingerprint density at radius 2 is 2.21 bits per heavy atom. The van der Waals surface area contributed by atoms with Crippen LogP contribution in [0.1, 0.15) is 33.1 Å². The molecule has 1 rings (SSSR count). The summed E-state index contributed by atoms with van der Waals surface area (Å²) in [6, 6.07) is -0.534. The first kappa shape index (κ1) is 16.1. The third kappa shape index (κ3) is 4.30. The van der Waals surface area contributed by atoms with Gasteiger partial charge in [0.1, 0.15) is 0 Å². The molecule has 0 aliphatic heterocycles. The SMILES string of the molecule is CSCC(C)CNC(=O)NC1CCCC1(C)C(=O)O. The van der Waals surface area contributed by atoms with Crippen LogP contribution >= 0.6 is 11.8 Å². The molecule has 6 heteroatoms. The molecule has 110 valence electrons. The molecule has 3 atom stereocenters. The summed E-state index contributed by atoms with van der Waals surface area (Å²) in [6.45, 7) is 4.40. The van der Waals surface area contributed by atoms with Crippen molar-refractivity contribution >= 4 is 23.8 Å². The van der Waals surface area contributed by atoms with Gasteiger partial charge in [0.15, 0.2) is 0 Å². The van der Waals surface area contributed by atoms with Gasteiger partial charge in [-0.25, -0.2) is 4.79 Å². The van der Waals surface area contributed by atoms with Crippen molar-refractivity contribution in [1.29, 1.82) is 0 Å². The minimum absolute atomic E-state index is 0.257. The van der Waals surface area contributed by atoms with Crippen molar-refractivity contribution in [2.45, 2.75) is 39.2 Å². The summed E-state index contributed by atoms with van der Waals surface area (Å²) in [7, 11) is 0. The van der Waals surface area contributed by atoms with Gasteiger partial charge in [-0.1, -0.05) is 13.3 Å². The lowest BCUT2D eigenvalue weighted by Gasteiger charge is -2.27. The average Bonchev–Trinajstić information content (AvgIpc) is 2.70. The molecule has 3 unspecified atom stereocenters. The Labute approximate surface area is 118 Å². The van der Waals surface area contributed by atoms with Crippen LogP contribution in [0.5, 0.6) is 0 Å². The Bertz CT molecular complexity index is 338. The number of amides is 2. The van der Waals surface area contributed by atoms with E-state index in [1.807, 2.05) is 6.26 Å². The second kappa shape index (κ2) is 7.03. The molecular weight excluding hydrogens is 264 g/mol. The first-order chi connectivity index (χ1) is 8.90. The van der Waals surface area contributed by atoms with Gasteiger partial charge in [-0.05, 0) is 37.7 Å². The number of carboxylic acids is 1. The van der Waals surface area contributed by atoms with Crippen LogP contribution in [0.4, 0.5) is 4.79 Å². The number of carbonyl (C=O) groups is 2. The zero-order valence-electron chi connectivity index (χ0n) is 11.9. The summed E-state index contributed by atoms with van der Waals surface area (Å²) in [4.78, 5) is 23.1. The largest absolute Gasteiger partial charge is 0.481 e. The van der Waals surface area contributed by atoms with Crippen LogP contribution in [0.2, 0.25) is 0 Å². The zero-order chi connectivity index (χ0) is 14.5. The predicted octanol–water partition coefficient (Wildman–Crippen LogP) is 1.93. The highest BCUT2D eigenvalue weighted by Gasteiger charge is 2.45. The number of urea groups is 1. The summed E-state index contributed by atoms with van der Waals surface area (Å²) in [6.07, 6.45) is 4.23. The smallest absolute Gasteiger partial charge is 0.315 e. The molecule has 3 N–H and O–H groups in total. The molecule has 5 nitrogen and oxygen atoms in total. The van der Waals surface area contributed by atoms with E-state index >= 15 is 0 Å². The van der Waals surface area contributed by atoms with Gasteiger partial charge in [-0.15, -0.1) is 0 Å². The van der Waals surface area contributed by atoms with Gasteiger partial charge in [-0.2, -0.15) is 11.8 Å². The number of aliphatic carboxylic acids is 1. The lowest BCUT2D eigenvalue weighted by molar-refractivity contribution is -0.148. The molecule has 0 aromatic rings. The van der Waals surface area contributed by atoms with Gasteiger partial charge < -0.3 is 15.7 Å². The molecular formula is C13H24N2O3S. The van der Waals surface area contributed by atoms with E-state index in [0.29, 0.717) is 18.9 Å².